The molecule has 3 spiro atoms. The lowest BCUT2D eigenvalue weighted by atomic mass is 9.75. The van der Waals surface area contributed by atoms with Crippen LogP contribution in [0.15, 0.2) is 205 Å². The quantitative estimate of drug-likeness (QED) is 0.0108. The lowest BCUT2D eigenvalue weighted by molar-refractivity contribution is -0.141. The van der Waals surface area contributed by atoms with Gasteiger partial charge in [0.15, 0.2) is 0 Å². The summed E-state index contributed by atoms with van der Waals surface area (Å²) in [7, 11) is -3.52. The molecular weight excluding hydrogens is 1740 g/mol. The first-order chi connectivity index (χ1) is 55.7. The first-order valence-corrected chi connectivity index (χ1v) is 50.2. The van der Waals surface area contributed by atoms with Gasteiger partial charge >= 0.3 is 11.9 Å². The van der Waals surface area contributed by atoms with Crippen LogP contribution in [0.1, 0.15) is 220 Å². The van der Waals surface area contributed by atoms with E-state index in [1.165, 1.54) is 83.1 Å². The van der Waals surface area contributed by atoms with Gasteiger partial charge in [-0.3, -0.25) is 9.59 Å². The first kappa shape index (κ1) is 95.8. The van der Waals surface area contributed by atoms with Crippen LogP contribution < -0.4 is 30.2 Å². The molecule has 5 N–H and O–H groups in total. The standard InChI is InChI=1S/C27H36O2Si.C24H30O4.C23H28O4.C20H26Br2OSi.C4H8Br2O/c1-26(2,3)30(24-12-6-4-7-13-24,25-14-8-5-9-15-25)29-23-16-18-27(20-23)17-10-11-22(19-27)21-28;1-3-5-20(14-23(26)27-2)19-7-9-22(10-8-19)28-17-18-6-4-12-24(15-18)13-11-21(25)16-24;1-2-4-19(13-22(25)26)18-6-8-21(9-7-18)27-16-17-5-3-11-23(14-17)12-10-20(24)15-23;1-20(2,3)24(18-10-6-4-7-11-18,19-12-8-5-9-13-19)23-17(16-22)14-15-21;5-2-1-4(7)3-6/h4-9,12-15,19,23,28H,10-11,16-18,20-21H2,1-3H3;7-10,15,20-21,25H,4,6,11-14,16-17H2,1-2H3;6-9,14,19-20,24H,3,5,10-13,15-16H2,1H3,(H,25,26);4-13,17H,14-16H2,1-3H3;4,7H,1-3H2/t23-,27+;20-,21-,24+;19-,20-,23+;17-;4-/m00000/s1. The van der Waals surface area contributed by atoms with Crippen molar-refractivity contribution >= 4 is 113 Å². The molecule has 0 unspecified atom stereocenters. The predicted molar refractivity (Wildman–Crippen MR) is 494 cm³/mol. The summed E-state index contributed by atoms with van der Waals surface area (Å²) in [6, 6.07) is 59.0. The fourth-order valence-corrected chi connectivity index (χ4v) is 29.7. The van der Waals surface area contributed by atoms with Crippen LogP contribution in [-0.2, 0) is 23.2 Å². The third-order valence-electron chi connectivity index (χ3n) is 23.9. The largest absolute Gasteiger partial charge is 0.489 e. The van der Waals surface area contributed by atoms with Gasteiger partial charge in [-0.1, -0.05) is 281 Å². The number of allylic oxidation sites excluding steroid dienone is 3. The maximum atomic E-state index is 11.6. The number of hydrogen-bond donors (Lipinski definition) is 5. The van der Waals surface area contributed by atoms with E-state index in [0.717, 1.165) is 129 Å². The van der Waals surface area contributed by atoms with E-state index < -0.39 is 22.6 Å². The zero-order chi connectivity index (χ0) is 83.8. The van der Waals surface area contributed by atoms with Crippen molar-refractivity contribution in [1.82, 2.24) is 0 Å². The molecule has 116 heavy (non-hydrogen) atoms. The molecular formula is C98H128Br4O12Si2. The second kappa shape index (κ2) is 46.9. The predicted octanol–water partition coefficient (Wildman–Crippen LogP) is 20.5. The molecule has 0 amide bonds. The zero-order valence-electron chi connectivity index (χ0n) is 70.1. The molecule has 0 radical (unpaired) electrons. The van der Waals surface area contributed by atoms with Crippen molar-refractivity contribution in [2.45, 2.75) is 249 Å². The minimum absolute atomic E-state index is 0.00185. The summed E-state index contributed by atoms with van der Waals surface area (Å²) in [5.41, 5.74) is 6.38. The maximum absolute atomic E-state index is 11.6. The van der Waals surface area contributed by atoms with Gasteiger partial charge in [-0.2, -0.15) is 0 Å². The van der Waals surface area contributed by atoms with Gasteiger partial charge < -0.3 is 48.6 Å². The van der Waals surface area contributed by atoms with Crippen LogP contribution in [0.3, 0.4) is 0 Å². The lowest BCUT2D eigenvalue weighted by Gasteiger charge is -2.45. The van der Waals surface area contributed by atoms with E-state index in [-0.39, 0.29) is 94.1 Å². The van der Waals surface area contributed by atoms with E-state index in [1.807, 2.05) is 48.5 Å². The molecule has 12 rings (SSSR count). The zero-order valence-corrected chi connectivity index (χ0v) is 78.4. The molecule has 0 heterocycles. The summed E-state index contributed by atoms with van der Waals surface area (Å²) in [4.78, 5) is 22.6. The Morgan fingerprint density at radius 3 is 1.24 bits per heavy atom. The van der Waals surface area contributed by atoms with Crippen LogP contribution in [0.2, 0.25) is 10.1 Å². The molecule has 0 saturated heterocycles. The molecule has 6 aromatic carbocycles. The number of esters is 1. The highest BCUT2D eigenvalue weighted by atomic mass is 79.9. The van der Waals surface area contributed by atoms with Crippen LogP contribution in [0, 0.1) is 39.9 Å². The monoisotopic (exact) mass is 1870 g/mol. The number of rotatable bonds is 27. The molecule has 18 heteroatoms. The normalized spacial score (nSPS) is 22.0. The Morgan fingerprint density at radius 1 is 0.509 bits per heavy atom. The van der Waals surface area contributed by atoms with Gasteiger partial charge in [0.05, 0.1) is 62.8 Å². The molecule has 6 aliphatic carbocycles. The summed E-state index contributed by atoms with van der Waals surface area (Å²) >= 11 is 13.6. The highest BCUT2D eigenvalue weighted by Gasteiger charge is 2.54. The highest BCUT2D eigenvalue weighted by molar-refractivity contribution is 9.09. The number of alkyl halides is 4. The van der Waals surface area contributed by atoms with E-state index in [4.69, 9.17) is 33.3 Å². The number of carboxylic acid groups (broad SMARTS) is 1. The Hall–Kier alpha value is -5.69. The number of carboxylic acids is 1. The summed E-state index contributed by atoms with van der Waals surface area (Å²) in [5.74, 6) is 11.8. The molecule has 12 nitrogen and oxygen atoms in total. The molecule has 6 aromatic rings. The molecule has 0 aromatic heterocycles. The average Bonchev–Trinajstić information content (AvgIpc) is 1.34. The number of methoxy groups -OCH3 is 1. The minimum Gasteiger partial charge on any atom is -0.489 e. The number of aliphatic carboxylic acids is 1. The summed E-state index contributed by atoms with van der Waals surface area (Å²) in [6.07, 6.45) is 28.6. The topological polar surface area (TPSA) is 181 Å². The fourth-order valence-electron chi connectivity index (χ4n) is 18.2. The van der Waals surface area contributed by atoms with Gasteiger partial charge in [-0.15, -0.1) is 11.8 Å². The smallest absolute Gasteiger partial charge is 0.307 e. The summed E-state index contributed by atoms with van der Waals surface area (Å²) in [6.45, 7) is 18.9. The molecule has 3 saturated carbocycles. The third-order valence-corrected chi connectivity index (χ3v) is 36.4. The van der Waals surface area contributed by atoms with E-state index in [9.17, 15) is 24.9 Å². The number of aliphatic hydroxyl groups excluding tert-OH is 4. The Bertz CT molecular complexity index is 4110. The van der Waals surface area contributed by atoms with Gasteiger partial charge in [0, 0.05) is 27.4 Å². The Balaban J connectivity index is 0.000000188. The molecule has 10 atom stereocenters. The van der Waals surface area contributed by atoms with Crippen LogP contribution >= 0.6 is 63.7 Å². The van der Waals surface area contributed by atoms with Crippen LogP contribution in [-0.4, -0.2) is 133 Å². The van der Waals surface area contributed by atoms with Crippen LogP contribution in [0.25, 0.3) is 0 Å². The second-order valence-electron chi connectivity index (χ2n) is 34.5. The number of aliphatic hydroxyl groups is 4. The van der Waals surface area contributed by atoms with Crippen LogP contribution in [0.5, 0.6) is 11.5 Å². The van der Waals surface area contributed by atoms with E-state index in [2.05, 4.69) is 268 Å². The van der Waals surface area contributed by atoms with Crippen molar-refractivity contribution in [2.75, 3.05) is 48.3 Å². The molecule has 0 aliphatic heterocycles. The number of ether oxygens (including phenoxy) is 3. The molecule has 3 fully saturated rings. The highest BCUT2D eigenvalue weighted by Crippen LogP contribution is 2.52. The van der Waals surface area contributed by atoms with Crippen molar-refractivity contribution in [3.8, 4) is 35.2 Å². The van der Waals surface area contributed by atoms with Gasteiger partial charge in [-0.25, -0.2) is 0 Å². The number of carbonyl (C=O) groups is 2. The van der Waals surface area contributed by atoms with E-state index in [0.29, 0.717) is 18.5 Å². The molecule has 0 bridgehead atoms. The van der Waals surface area contributed by atoms with Gasteiger partial charge in [0.25, 0.3) is 16.6 Å². The number of halogens is 4. The molecule has 628 valence electrons. The van der Waals surface area contributed by atoms with Gasteiger partial charge in [0.2, 0.25) is 0 Å². The SMILES string of the molecule is CC#C[C@@H](CC(=O)O)c1ccc(OCC2=C[C@@]3(CCC2)CC[C@H](O)C3)cc1.CC#C[C@@H](CC(=O)OC)c1ccc(OCC2=C[C@@]3(CCC2)CC[C@H](O)C3)cc1.CC(C)(C)[Si](O[C@H](CBr)CCBr)(c1ccccc1)c1ccccc1.CC(C)(C)[Si](O[C@H]1CC[C@]2(C=C(CO)CCC2)C1)(c1ccccc1)c1ccccc1.O[C@H](CBr)CCBr. The van der Waals surface area contributed by atoms with Crippen molar-refractivity contribution < 1.29 is 58.2 Å². The van der Waals surface area contributed by atoms with Crippen LogP contribution in [0.4, 0.5) is 0 Å². The van der Waals surface area contributed by atoms with Crippen molar-refractivity contribution in [3.63, 3.8) is 0 Å². The number of hydrogen-bond acceptors (Lipinski definition) is 11. The number of benzene rings is 6. The van der Waals surface area contributed by atoms with Crippen molar-refractivity contribution in [2.24, 2.45) is 16.2 Å². The van der Waals surface area contributed by atoms with E-state index in [1.54, 1.807) is 13.8 Å². The first-order valence-electron chi connectivity index (χ1n) is 41.9. The van der Waals surface area contributed by atoms with Crippen molar-refractivity contribution in [3.05, 3.63) is 216 Å². The Morgan fingerprint density at radius 2 is 0.897 bits per heavy atom. The third kappa shape index (κ3) is 27.4. The average molecular weight is 1870 g/mol. The van der Waals surface area contributed by atoms with Gasteiger partial charge in [0.1, 0.15) is 24.7 Å². The molecule has 6 aliphatic rings. The lowest BCUT2D eigenvalue weighted by Crippen LogP contribution is -2.67. The minimum atomic E-state index is -2.49. The Labute approximate surface area is 730 Å². The summed E-state index contributed by atoms with van der Waals surface area (Å²) in [5, 5.41) is 56.1. The van der Waals surface area contributed by atoms with E-state index >= 15 is 0 Å². The number of carbonyl (C=O) groups excluding carboxylic acids is 1. The second-order valence-corrected chi connectivity index (χ2v) is 45.8. The Kier molecular flexibility index (Phi) is 38.7. The van der Waals surface area contributed by atoms with Gasteiger partial charge in [-0.05, 0) is 241 Å². The summed E-state index contributed by atoms with van der Waals surface area (Å²) < 4.78 is 31.2. The fraction of sp³-hybridized carbons (Fsp3) is 0.510. The maximum Gasteiger partial charge on any atom is 0.307 e. The van der Waals surface area contributed by atoms with Crippen molar-refractivity contribution in [1.29, 1.82) is 0 Å².